The van der Waals surface area contributed by atoms with E-state index in [1.54, 1.807) is 0 Å². The van der Waals surface area contributed by atoms with Crippen LogP contribution in [-0.2, 0) is 9.59 Å². The first-order valence-electron chi connectivity index (χ1n) is 5.66. The lowest BCUT2D eigenvalue weighted by atomic mass is 10.1. The van der Waals surface area contributed by atoms with Crippen LogP contribution in [0.25, 0.3) is 0 Å². The fourth-order valence-corrected chi connectivity index (χ4v) is 1.37. The molecule has 0 heterocycles. The summed E-state index contributed by atoms with van der Waals surface area (Å²) in [7, 11) is 0. The van der Waals surface area contributed by atoms with E-state index in [2.05, 4.69) is 24.5 Å². The molecule has 5 nitrogen and oxygen atoms in total. The van der Waals surface area contributed by atoms with Crippen LogP contribution in [0.3, 0.4) is 0 Å². The molecule has 0 aromatic rings. The molecular weight excluding hydrogens is 208 g/mol. The van der Waals surface area contributed by atoms with Crippen LogP contribution < -0.4 is 10.6 Å². The maximum absolute atomic E-state index is 10.8. The molecule has 0 rings (SSSR count). The number of carboxylic acids is 1. The SMILES string of the molecule is CC(=O)N[C@@H](CCCCNC(C)C)C(=O)O. The average Bonchev–Trinajstić information content (AvgIpc) is 2.14. The molecule has 0 aliphatic heterocycles. The Morgan fingerprint density at radius 1 is 1.25 bits per heavy atom. The van der Waals surface area contributed by atoms with Gasteiger partial charge >= 0.3 is 5.97 Å². The third kappa shape index (κ3) is 8.23. The van der Waals surface area contributed by atoms with Crippen LogP contribution in [0.1, 0.15) is 40.0 Å². The standard InChI is InChI=1S/C11H22N2O3/c1-8(2)12-7-5-4-6-10(11(15)16)13-9(3)14/h8,10,12H,4-7H2,1-3H3,(H,13,14)(H,15,16)/t10-/m0/s1. The predicted octanol–water partition coefficient (Wildman–Crippen LogP) is 0.744. The molecule has 1 atom stereocenters. The van der Waals surface area contributed by atoms with Crippen molar-refractivity contribution >= 4 is 11.9 Å². The molecule has 0 bridgehead atoms. The molecule has 16 heavy (non-hydrogen) atoms. The fraction of sp³-hybridized carbons (Fsp3) is 0.818. The number of carbonyl (C=O) groups is 2. The van der Waals surface area contributed by atoms with Gasteiger partial charge in [-0.2, -0.15) is 0 Å². The number of hydrogen-bond donors (Lipinski definition) is 3. The molecule has 0 unspecified atom stereocenters. The number of aliphatic carboxylic acids is 1. The summed E-state index contributed by atoms with van der Waals surface area (Å²) in [6.45, 7) is 6.34. The van der Waals surface area contributed by atoms with E-state index < -0.39 is 12.0 Å². The number of hydrogen-bond acceptors (Lipinski definition) is 3. The van der Waals surface area contributed by atoms with Crippen LogP contribution in [0, 0.1) is 0 Å². The zero-order valence-corrected chi connectivity index (χ0v) is 10.2. The predicted molar refractivity (Wildman–Crippen MR) is 62.2 cm³/mol. The Balaban J connectivity index is 3.69. The molecule has 0 fully saturated rings. The summed E-state index contributed by atoms with van der Waals surface area (Å²) in [6, 6.07) is -0.304. The van der Waals surface area contributed by atoms with Crippen molar-refractivity contribution in [2.45, 2.75) is 52.1 Å². The lowest BCUT2D eigenvalue weighted by Crippen LogP contribution is -2.39. The van der Waals surface area contributed by atoms with Gasteiger partial charge in [-0.25, -0.2) is 4.79 Å². The van der Waals surface area contributed by atoms with Crippen molar-refractivity contribution in [3.05, 3.63) is 0 Å². The highest BCUT2D eigenvalue weighted by molar-refractivity contribution is 5.81. The van der Waals surface area contributed by atoms with Crippen molar-refractivity contribution in [3.63, 3.8) is 0 Å². The van der Waals surface area contributed by atoms with E-state index in [4.69, 9.17) is 5.11 Å². The van der Waals surface area contributed by atoms with Crippen molar-refractivity contribution in [3.8, 4) is 0 Å². The lowest BCUT2D eigenvalue weighted by Gasteiger charge is -2.13. The van der Waals surface area contributed by atoms with Gasteiger partial charge in [-0.05, 0) is 25.8 Å². The minimum atomic E-state index is -0.966. The zero-order valence-electron chi connectivity index (χ0n) is 10.2. The van der Waals surface area contributed by atoms with Gasteiger partial charge in [0.2, 0.25) is 5.91 Å². The van der Waals surface area contributed by atoms with Crippen LogP contribution in [0.2, 0.25) is 0 Å². The van der Waals surface area contributed by atoms with E-state index in [0.29, 0.717) is 12.5 Å². The van der Waals surface area contributed by atoms with Gasteiger partial charge in [-0.3, -0.25) is 4.79 Å². The summed E-state index contributed by atoms with van der Waals surface area (Å²) in [4.78, 5) is 21.5. The van der Waals surface area contributed by atoms with E-state index in [0.717, 1.165) is 19.4 Å². The van der Waals surface area contributed by atoms with Crippen LogP contribution in [0.5, 0.6) is 0 Å². The third-order valence-corrected chi connectivity index (χ3v) is 2.15. The van der Waals surface area contributed by atoms with Crippen molar-refractivity contribution in [1.82, 2.24) is 10.6 Å². The topological polar surface area (TPSA) is 78.4 Å². The summed E-state index contributed by atoms with van der Waals surface area (Å²) in [5, 5.41) is 14.5. The second kappa shape index (κ2) is 8.10. The Morgan fingerprint density at radius 2 is 1.88 bits per heavy atom. The molecule has 0 spiro atoms. The van der Waals surface area contributed by atoms with Crippen molar-refractivity contribution in [1.29, 1.82) is 0 Å². The molecule has 0 saturated carbocycles. The number of carbonyl (C=O) groups excluding carboxylic acids is 1. The molecule has 0 aromatic carbocycles. The van der Waals surface area contributed by atoms with Crippen LogP contribution >= 0.6 is 0 Å². The van der Waals surface area contributed by atoms with E-state index in [-0.39, 0.29) is 5.91 Å². The molecule has 0 aliphatic rings. The molecule has 0 aliphatic carbocycles. The Hall–Kier alpha value is -1.10. The largest absolute Gasteiger partial charge is 0.480 e. The van der Waals surface area contributed by atoms with Crippen molar-refractivity contribution in [2.75, 3.05) is 6.54 Å². The maximum Gasteiger partial charge on any atom is 0.326 e. The van der Waals surface area contributed by atoms with Crippen LogP contribution in [0.15, 0.2) is 0 Å². The molecule has 3 N–H and O–H groups in total. The lowest BCUT2D eigenvalue weighted by molar-refractivity contribution is -0.141. The van der Waals surface area contributed by atoms with Crippen LogP contribution in [0.4, 0.5) is 0 Å². The Labute approximate surface area is 96.6 Å². The van der Waals surface area contributed by atoms with Gasteiger partial charge in [0.25, 0.3) is 0 Å². The fourth-order valence-electron chi connectivity index (χ4n) is 1.37. The second-order valence-corrected chi connectivity index (χ2v) is 4.20. The van der Waals surface area contributed by atoms with Crippen molar-refractivity contribution < 1.29 is 14.7 Å². The molecule has 0 saturated heterocycles. The molecule has 5 heteroatoms. The summed E-state index contributed by atoms with van der Waals surface area (Å²) in [5.41, 5.74) is 0. The minimum absolute atomic E-state index is 0.298. The Morgan fingerprint density at radius 3 is 2.31 bits per heavy atom. The number of rotatable bonds is 8. The smallest absolute Gasteiger partial charge is 0.326 e. The molecule has 0 aromatic heterocycles. The summed E-state index contributed by atoms with van der Waals surface area (Å²) < 4.78 is 0. The van der Waals surface area contributed by atoms with Gasteiger partial charge in [0.15, 0.2) is 0 Å². The number of amides is 1. The Bertz CT molecular complexity index is 229. The van der Waals surface area contributed by atoms with E-state index >= 15 is 0 Å². The second-order valence-electron chi connectivity index (χ2n) is 4.20. The quantitative estimate of drug-likeness (QED) is 0.537. The summed E-state index contributed by atoms with van der Waals surface area (Å²) in [5.74, 6) is -1.26. The summed E-state index contributed by atoms with van der Waals surface area (Å²) >= 11 is 0. The van der Waals surface area contributed by atoms with E-state index in [1.165, 1.54) is 6.92 Å². The Kier molecular flexibility index (Phi) is 7.54. The molecular formula is C11H22N2O3. The first kappa shape index (κ1) is 14.9. The molecule has 0 radical (unpaired) electrons. The van der Waals surface area contributed by atoms with E-state index in [9.17, 15) is 9.59 Å². The van der Waals surface area contributed by atoms with Gasteiger partial charge in [-0.1, -0.05) is 13.8 Å². The first-order valence-corrected chi connectivity index (χ1v) is 5.66. The maximum atomic E-state index is 10.8. The van der Waals surface area contributed by atoms with Gasteiger partial charge in [-0.15, -0.1) is 0 Å². The van der Waals surface area contributed by atoms with Gasteiger partial charge in [0.05, 0.1) is 0 Å². The third-order valence-electron chi connectivity index (χ3n) is 2.15. The highest BCUT2D eigenvalue weighted by atomic mass is 16.4. The molecule has 1 amide bonds. The van der Waals surface area contributed by atoms with Gasteiger partial charge in [0, 0.05) is 13.0 Å². The van der Waals surface area contributed by atoms with Gasteiger partial charge < -0.3 is 15.7 Å². The van der Waals surface area contributed by atoms with Crippen LogP contribution in [-0.4, -0.2) is 35.6 Å². The number of carboxylic acid groups (broad SMARTS) is 1. The highest BCUT2D eigenvalue weighted by Gasteiger charge is 2.17. The normalized spacial score (nSPS) is 12.5. The zero-order chi connectivity index (χ0) is 12.6. The number of unbranched alkanes of at least 4 members (excludes halogenated alkanes) is 1. The average molecular weight is 230 g/mol. The first-order chi connectivity index (χ1) is 7.43. The monoisotopic (exact) mass is 230 g/mol. The van der Waals surface area contributed by atoms with E-state index in [1.807, 2.05) is 0 Å². The highest BCUT2D eigenvalue weighted by Crippen LogP contribution is 2.01. The molecule has 94 valence electrons. The summed E-state index contributed by atoms with van der Waals surface area (Å²) in [6.07, 6.45) is 2.19. The number of nitrogens with one attached hydrogen (secondary N) is 2. The van der Waals surface area contributed by atoms with Gasteiger partial charge in [0.1, 0.15) is 6.04 Å². The minimum Gasteiger partial charge on any atom is -0.480 e. The van der Waals surface area contributed by atoms with Crippen molar-refractivity contribution in [2.24, 2.45) is 0 Å².